The van der Waals surface area contributed by atoms with Crippen molar-refractivity contribution in [2.75, 3.05) is 6.61 Å². The molecule has 6 atom stereocenters. The lowest BCUT2D eigenvalue weighted by Crippen LogP contribution is -2.59. The molecule has 202 valence electrons. The van der Waals surface area contributed by atoms with E-state index in [-0.39, 0.29) is 30.1 Å². The van der Waals surface area contributed by atoms with Gasteiger partial charge in [-0.25, -0.2) is 0 Å². The van der Waals surface area contributed by atoms with E-state index in [2.05, 4.69) is 0 Å². The molecule has 0 aromatic heterocycles. The van der Waals surface area contributed by atoms with E-state index in [9.17, 15) is 40.5 Å². The highest BCUT2D eigenvalue weighted by Gasteiger charge is 2.44. The molecule has 3 rings (SSSR count). The van der Waals surface area contributed by atoms with Gasteiger partial charge in [0.1, 0.15) is 35.9 Å². The number of benzene rings is 2. The fraction of sp³-hybridized carbons (Fsp3) is 0.444. The second-order valence-corrected chi connectivity index (χ2v) is 9.13. The van der Waals surface area contributed by atoms with Crippen molar-refractivity contribution in [1.82, 2.24) is 0 Å². The highest BCUT2D eigenvalue weighted by molar-refractivity contribution is 5.90. The normalized spacial score (nSPS) is 25.1. The van der Waals surface area contributed by atoms with Gasteiger partial charge >= 0.3 is 0 Å². The number of phenols is 2. The Bertz CT molecular complexity index is 1020. The third-order valence-corrected chi connectivity index (χ3v) is 6.23. The summed E-state index contributed by atoms with van der Waals surface area (Å²) in [6, 6.07) is 13.0. The minimum Gasteiger partial charge on any atom is -0.512 e. The zero-order valence-corrected chi connectivity index (χ0v) is 20.3. The molecular formula is C27H34O10. The molecule has 0 radical (unpaired) electrons. The predicted octanol–water partition coefficient (Wildman–Crippen LogP) is 1.25. The fourth-order valence-corrected chi connectivity index (χ4v) is 4.05. The van der Waals surface area contributed by atoms with Gasteiger partial charge < -0.3 is 45.2 Å². The van der Waals surface area contributed by atoms with Crippen molar-refractivity contribution in [3.8, 4) is 11.5 Å². The Kier molecular flexibility index (Phi) is 10.4. The standard InChI is InChI=1S/C27H34O10/c28-15-23-24(33)25(34)26(35)27(37-23)36-22(12-6-17-3-9-19(30)10-4-17)14-21(32)13-20(31)11-5-16-1-7-18(29)8-2-16/h1-4,7-10,13,22-31,33-35H,5-6,11-12,14-15H2/b20-13-/t22-,23+,24-,25-,26+,27+/m0/s1. The molecular weight excluding hydrogens is 484 g/mol. The monoisotopic (exact) mass is 518 g/mol. The summed E-state index contributed by atoms with van der Waals surface area (Å²) in [4.78, 5) is 12.7. The van der Waals surface area contributed by atoms with Crippen molar-refractivity contribution >= 4 is 5.78 Å². The third kappa shape index (κ3) is 8.53. The Hall–Kier alpha value is -2.99. The average Bonchev–Trinajstić information content (AvgIpc) is 2.88. The zero-order valence-electron chi connectivity index (χ0n) is 20.3. The van der Waals surface area contributed by atoms with E-state index >= 15 is 0 Å². The Morgan fingerprint density at radius 3 is 2.03 bits per heavy atom. The molecule has 2 aromatic carbocycles. The number of allylic oxidation sites excluding steroid dienone is 2. The van der Waals surface area contributed by atoms with Crippen LogP contribution in [0.1, 0.15) is 30.4 Å². The lowest BCUT2D eigenvalue weighted by Gasteiger charge is -2.40. The number of aliphatic hydroxyl groups excluding tert-OH is 5. The van der Waals surface area contributed by atoms with Gasteiger partial charge in [-0.1, -0.05) is 24.3 Å². The third-order valence-electron chi connectivity index (χ3n) is 6.23. The molecule has 7 N–H and O–H groups in total. The lowest BCUT2D eigenvalue weighted by molar-refractivity contribution is -0.311. The number of rotatable bonds is 12. The van der Waals surface area contributed by atoms with E-state index in [0.717, 1.165) is 17.2 Å². The van der Waals surface area contributed by atoms with E-state index in [0.29, 0.717) is 19.3 Å². The molecule has 1 saturated heterocycles. The molecule has 0 unspecified atom stereocenters. The van der Waals surface area contributed by atoms with Crippen LogP contribution < -0.4 is 0 Å². The number of ketones is 1. The second kappa shape index (κ2) is 13.5. The van der Waals surface area contributed by atoms with Gasteiger partial charge in [-0.15, -0.1) is 0 Å². The van der Waals surface area contributed by atoms with Gasteiger partial charge in [-0.3, -0.25) is 4.79 Å². The van der Waals surface area contributed by atoms with E-state index < -0.39 is 49.2 Å². The van der Waals surface area contributed by atoms with Gasteiger partial charge in [0, 0.05) is 18.9 Å². The van der Waals surface area contributed by atoms with Crippen LogP contribution in [0.2, 0.25) is 0 Å². The first-order valence-electron chi connectivity index (χ1n) is 12.1. The quantitative estimate of drug-likeness (QED) is 0.160. The molecule has 1 fully saturated rings. The van der Waals surface area contributed by atoms with Crippen LogP contribution in [0.5, 0.6) is 11.5 Å². The van der Waals surface area contributed by atoms with Crippen molar-refractivity contribution in [3.05, 3.63) is 71.5 Å². The van der Waals surface area contributed by atoms with Gasteiger partial charge in [0.2, 0.25) is 0 Å². The van der Waals surface area contributed by atoms with E-state index in [1.54, 1.807) is 24.3 Å². The van der Waals surface area contributed by atoms with Gasteiger partial charge in [0.25, 0.3) is 0 Å². The van der Waals surface area contributed by atoms with E-state index in [4.69, 9.17) is 9.47 Å². The molecule has 10 heteroatoms. The summed E-state index contributed by atoms with van der Waals surface area (Å²) in [5.41, 5.74) is 1.74. The first kappa shape index (κ1) is 28.6. The summed E-state index contributed by atoms with van der Waals surface area (Å²) >= 11 is 0. The molecule has 0 saturated carbocycles. The smallest absolute Gasteiger partial charge is 0.186 e. The molecule has 37 heavy (non-hydrogen) atoms. The molecule has 1 heterocycles. The number of carbonyl (C=O) groups excluding carboxylic acids is 1. The van der Waals surface area contributed by atoms with Crippen molar-refractivity contribution in [2.45, 2.75) is 68.9 Å². The second-order valence-electron chi connectivity index (χ2n) is 9.13. The van der Waals surface area contributed by atoms with Crippen LogP contribution in [0.3, 0.4) is 0 Å². The maximum atomic E-state index is 12.7. The van der Waals surface area contributed by atoms with Crippen LogP contribution in [0, 0.1) is 0 Å². The highest BCUT2D eigenvalue weighted by Crippen LogP contribution is 2.25. The van der Waals surface area contributed by atoms with Crippen LogP contribution in [0.15, 0.2) is 60.4 Å². The molecule has 0 bridgehead atoms. The SMILES string of the molecule is O=C(/C=C(\O)CCc1ccc(O)cc1)C[C@H](CCc1ccc(O)cc1)O[C@@H]1O[C@H](CO)[C@H](O)[C@H](O)[C@H]1O. The van der Waals surface area contributed by atoms with Crippen molar-refractivity contribution in [3.63, 3.8) is 0 Å². The Morgan fingerprint density at radius 1 is 0.892 bits per heavy atom. The first-order valence-corrected chi connectivity index (χ1v) is 12.1. The summed E-state index contributed by atoms with van der Waals surface area (Å²) < 4.78 is 11.3. The molecule has 1 aliphatic rings. The topological polar surface area (TPSA) is 177 Å². The van der Waals surface area contributed by atoms with Gasteiger partial charge in [-0.2, -0.15) is 0 Å². The maximum Gasteiger partial charge on any atom is 0.186 e. The molecule has 0 aliphatic carbocycles. The van der Waals surface area contributed by atoms with Crippen molar-refractivity contribution in [1.29, 1.82) is 0 Å². The maximum absolute atomic E-state index is 12.7. The van der Waals surface area contributed by atoms with Crippen LogP contribution in [0.25, 0.3) is 0 Å². The molecule has 2 aromatic rings. The summed E-state index contributed by atoms with van der Waals surface area (Å²) in [6.07, 6.45) is -5.76. The summed E-state index contributed by atoms with van der Waals surface area (Å²) in [6.45, 7) is -0.612. The Labute approximate surface area is 214 Å². The molecule has 0 amide bonds. The summed E-state index contributed by atoms with van der Waals surface area (Å²) in [7, 11) is 0. The summed E-state index contributed by atoms with van der Waals surface area (Å²) in [5.74, 6) is -0.302. The van der Waals surface area contributed by atoms with Crippen molar-refractivity contribution in [2.24, 2.45) is 0 Å². The Morgan fingerprint density at radius 2 is 1.46 bits per heavy atom. The van der Waals surface area contributed by atoms with E-state index in [1.807, 2.05) is 0 Å². The number of hydrogen-bond acceptors (Lipinski definition) is 10. The lowest BCUT2D eigenvalue weighted by atomic mass is 9.98. The van der Waals surface area contributed by atoms with Gasteiger partial charge in [0.15, 0.2) is 12.1 Å². The van der Waals surface area contributed by atoms with Crippen LogP contribution in [-0.2, 0) is 27.1 Å². The number of aryl methyl sites for hydroxylation is 2. The minimum absolute atomic E-state index is 0.112. The van der Waals surface area contributed by atoms with Crippen LogP contribution in [0.4, 0.5) is 0 Å². The summed E-state index contributed by atoms with van der Waals surface area (Å²) in [5, 5.41) is 68.9. The Balaban J connectivity index is 1.65. The number of hydrogen-bond donors (Lipinski definition) is 7. The van der Waals surface area contributed by atoms with Gasteiger partial charge in [0.05, 0.1) is 18.5 Å². The molecule has 1 aliphatic heterocycles. The number of aromatic hydroxyl groups is 2. The number of aliphatic hydroxyl groups is 5. The number of ether oxygens (including phenoxy) is 2. The van der Waals surface area contributed by atoms with Crippen LogP contribution >= 0.6 is 0 Å². The zero-order chi connectivity index (χ0) is 26.9. The van der Waals surface area contributed by atoms with E-state index in [1.165, 1.54) is 24.3 Å². The first-order chi connectivity index (χ1) is 17.7. The average molecular weight is 519 g/mol. The number of phenolic OH excluding ortho intramolecular Hbond substituents is 2. The highest BCUT2D eigenvalue weighted by atomic mass is 16.7. The largest absolute Gasteiger partial charge is 0.512 e. The fourth-order valence-electron chi connectivity index (χ4n) is 4.05. The van der Waals surface area contributed by atoms with Crippen molar-refractivity contribution < 1.29 is 50.0 Å². The number of carbonyl (C=O) groups is 1. The minimum atomic E-state index is -1.62. The van der Waals surface area contributed by atoms with Gasteiger partial charge in [-0.05, 0) is 54.7 Å². The predicted molar refractivity (Wildman–Crippen MR) is 132 cm³/mol. The molecule has 10 nitrogen and oxygen atoms in total. The van der Waals surface area contributed by atoms with Crippen LogP contribution in [-0.4, -0.2) is 84.9 Å². The molecule has 0 spiro atoms.